The van der Waals surface area contributed by atoms with Crippen LogP contribution in [0.15, 0.2) is 10.8 Å². The fourth-order valence-electron chi connectivity index (χ4n) is 1.22. The summed E-state index contributed by atoms with van der Waals surface area (Å²) in [4.78, 5) is 0. The second-order valence-corrected chi connectivity index (χ2v) is 2.71. The second-order valence-electron chi connectivity index (χ2n) is 2.71. The molecule has 0 spiro atoms. The Morgan fingerprint density at radius 1 is 1.60 bits per heavy atom. The highest BCUT2D eigenvalue weighted by molar-refractivity contribution is 4.99. The predicted octanol–water partition coefficient (Wildman–Crippen LogP) is 0.274. The van der Waals surface area contributed by atoms with Crippen molar-refractivity contribution in [1.82, 2.24) is 10.2 Å². The first kappa shape index (κ1) is 5.85. The molecule has 1 saturated carbocycles. The lowest BCUT2D eigenvalue weighted by Gasteiger charge is -2.28. The maximum Gasteiger partial charge on any atom is 0.219 e. The molecule has 1 aromatic heterocycles. The number of rotatable bonds is 1. The molecule has 0 unspecified atom stereocenters. The molecule has 10 heavy (non-hydrogen) atoms. The Morgan fingerprint density at radius 3 is 2.90 bits per heavy atom. The van der Waals surface area contributed by atoms with Crippen LogP contribution < -0.4 is 5.73 Å². The third-order valence-corrected chi connectivity index (χ3v) is 1.90. The largest absolute Gasteiger partial charge is 0.428 e. The van der Waals surface area contributed by atoms with E-state index < -0.39 is 0 Å². The highest BCUT2D eigenvalue weighted by Gasteiger charge is 2.30. The second kappa shape index (κ2) is 2.05. The van der Waals surface area contributed by atoms with E-state index in [2.05, 4.69) is 10.2 Å². The molecule has 0 aromatic carbocycles. The Balaban J connectivity index is 2.04. The molecule has 0 bridgehead atoms. The predicted molar refractivity (Wildman–Crippen MR) is 34.2 cm³/mol. The maximum atomic E-state index is 5.59. The zero-order valence-electron chi connectivity index (χ0n) is 5.53. The lowest BCUT2D eigenvalue weighted by Crippen LogP contribution is -2.34. The average molecular weight is 139 g/mol. The standard InChI is InChI=1S/C6H9N3O/c7-5-1-4(2-5)6-9-8-3-10-6/h3-5H,1-2,7H2. The van der Waals surface area contributed by atoms with Gasteiger partial charge in [0.2, 0.25) is 12.3 Å². The number of hydrogen-bond donors (Lipinski definition) is 1. The van der Waals surface area contributed by atoms with Gasteiger partial charge >= 0.3 is 0 Å². The Bertz CT molecular complexity index is 203. The van der Waals surface area contributed by atoms with Gasteiger partial charge in [-0.3, -0.25) is 0 Å². The van der Waals surface area contributed by atoms with E-state index in [1.54, 1.807) is 0 Å². The van der Waals surface area contributed by atoms with Crippen molar-refractivity contribution in [3.8, 4) is 0 Å². The first-order chi connectivity index (χ1) is 4.86. The van der Waals surface area contributed by atoms with Crippen LogP contribution in [0.1, 0.15) is 24.7 Å². The summed E-state index contributed by atoms with van der Waals surface area (Å²) < 4.78 is 5.01. The van der Waals surface area contributed by atoms with Crippen molar-refractivity contribution in [1.29, 1.82) is 0 Å². The first-order valence-electron chi connectivity index (χ1n) is 3.38. The smallest absolute Gasteiger partial charge is 0.219 e. The van der Waals surface area contributed by atoms with Gasteiger partial charge in [-0.05, 0) is 12.8 Å². The Hall–Kier alpha value is -0.900. The molecule has 2 rings (SSSR count). The van der Waals surface area contributed by atoms with Crippen LogP contribution >= 0.6 is 0 Å². The van der Waals surface area contributed by atoms with E-state index in [1.165, 1.54) is 6.39 Å². The van der Waals surface area contributed by atoms with E-state index in [-0.39, 0.29) is 0 Å². The first-order valence-corrected chi connectivity index (χ1v) is 3.38. The molecule has 1 aromatic rings. The fraction of sp³-hybridized carbons (Fsp3) is 0.667. The Labute approximate surface area is 58.4 Å². The van der Waals surface area contributed by atoms with Gasteiger partial charge in [-0.1, -0.05) is 0 Å². The van der Waals surface area contributed by atoms with Gasteiger partial charge in [-0.25, -0.2) is 0 Å². The number of nitrogens with two attached hydrogens (primary N) is 1. The third-order valence-electron chi connectivity index (χ3n) is 1.90. The van der Waals surface area contributed by atoms with Crippen molar-refractivity contribution in [2.24, 2.45) is 5.73 Å². The molecule has 4 nitrogen and oxygen atoms in total. The van der Waals surface area contributed by atoms with Gasteiger partial charge in [0.1, 0.15) is 0 Å². The summed E-state index contributed by atoms with van der Waals surface area (Å²) in [6.45, 7) is 0. The Morgan fingerprint density at radius 2 is 2.40 bits per heavy atom. The molecule has 1 heterocycles. The van der Waals surface area contributed by atoms with Gasteiger partial charge in [0.15, 0.2) is 0 Å². The van der Waals surface area contributed by atoms with Crippen LogP contribution in [0.2, 0.25) is 0 Å². The summed E-state index contributed by atoms with van der Waals surface area (Å²) in [6, 6.07) is 0.344. The maximum absolute atomic E-state index is 5.59. The van der Waals surface area contributed by atoms with E-state index in [0.29, 0.717) is 12.0 Å². The summed E-state index contributed by atoms with van der Waals surface area (Å²) in [6.07, 6.45) is 3.34. The summed E-state index contributed by atoms with van der Waals surface area (Å²) in [7, 11) is 0. The van der Waals surface area contributed by atoms with Crippen molar-refractivity contribution in [3.05, 3.63) is 12.3 Å². The molecular weight excluding hydrogens is 130 g/mol. The molecule has 0 aliphatic heterocycles. The highest BCUT2D eigenvalue weighted by Crippen LogP contribution is 2.33. The van der Waals surface area contributed by atoms with E-state index in [9.17, 15) is 0 Å². The molecule has 2 N–H and O–H groups in total. The van der Waals surface area contributed by atoms with Crippen LogP contribution in [-0.4, -0.2) is 16.2 Å². The molecule has 0 amide bonds. The van der Waals surface area contributed by atoms with Crippen molar-refractivity contribution < 1.29 is 4.42 Å². The van der Waals surface area contributed by atoms with E-state index in [1.807, 2.05) is 0 Å². The summed E-state index contributed by atoms with van der Waals surface area (Å²) >= 11 is 0. The molecule has 0 radical (unpaired) electrons. The van der Waals surface area contributed by atoms with Gasteiger partial charge < -0.3 is 10.2 Å². The monoisotopic (exact) mass is 139 g/mol. The van der Waals surface area contributed by atoms with E-state index in [0.717, 1.165) is 18.7 Å². The molecule has 0 saturated heterocycles. The highest BCUT2D eigenvalue weighted by atomic mass is 16.4. The molecule has 4 heteroatoms. The zero-order chi connectivity index (χ0) is 6.97. The van der Waals surface area contributed by atoms with Crippen LogP contribution in [0.3, 0.4) is 0 Å². The summed E-state index contributed by atoms with van der Waals surface area (Å²) in [5.74, 6) is 1.17. The normalized spacial score (nSPS) is 31.7. The van der Waals surface area contributed by atoms with Crippen molar-refractivity contribution in [3.63, 3.8) is 0 Å². The van der Waals surface area contributed by atoms with Crippen LogP contribution in [0, 0.1) is 0 Å². The minimum Gasteiger partial charge on any atom is -0.428 e. The van der Waals surface area contributed by atoms with Crippen molar-refractivity contribution in [2.75, 3.05) is 0 Å². The summed E-state index contributed by atoms with van der Waals surface area (Å²) in [5, 5.41) is 7.39. The van der Waals surface area contributed by atoms with Crippen LogP contribution in [0.4, 0.5) is 0 Å². The van der Waals surface area contributed by atoms with Gasteiger partial charge in [0.05, 0.1) is 0 Å². The van der Waals surface area contributed by atoms with Crippen LogP contribution in [-0.2, 0) is 0 Å². The molecular formula is C6H9N3O. The van der Waals surface area contributed by atoms with Gasteiger partial charge in [0, 0.05) is 12.0 Å². The topological polar surface area (TPSA) is 64.9 Å². The number of aromatic nitrogens is 2. The van der Waals surface area contributed by atoms with Crippen molar-refractivity contribution >= 4 is 0 Å². The molecule has 54 valence electrons. The Kier molecular flexibility index (Phi) is 1.20. The molecule has 1 aliphatic carbocycles. The third kappa shape index (κ3) is 0.806. The quantitative estimate of drug-likeness (QED) is 0.606. The number of hydrogen-bond acceptors (Lipinski definition) is 4. The minimum absolute atomic E-state index is 0.344. The van der Waals surface area contributed by atoms with Crippen molar-refractivity contribution in [2.45, 2.75) is 24.8 Å². The zero-order valence-corrected chi connectivity index (χ0v) is 5.53. The van der Waals surface area contributed by atoms with Gasteiger partial charge in [0.25, 0.3) is 0 Å². The van der Waals surface area contributed by atoms with Crippen LogP contribution in [0.5, 0.6) is 0 Å². The van der Waals surface area contributed by atoms with Crippen LogP contribution in [0.25, 0.3) is 0 Å². The lowest BCUT2D eigenvalue weighted by atomic mass is 9.81. The summed E-state index contributed by atoms with van der Waals surface area (Å²) in [5.41, 5.74) is 5.59. The van der Waals surface area contributed by atoms with Gasteiger partial charge in [-0.15, -0.1) is 10.2 Å². The minimum atomic E-state index is 0.344. The SMILES string of the molecule is NC1CC(c2nnco2)C1. The molecule has 1 fully saturated rings. The van der Waals surface area contributed by atoms with E-state index in [4.69, 9.17) is 10.2 Å². The van der Waals surface area contributed by atoms with E-state index >= 15 is 0 Å². The molecule has 1 aliphatic rings. The van der Waals surface area contributed by atoms with Gasteiger partial charge in [-0.2, -0.15) is 0 Å². The number of nitrogens with zero attached hydrogens (tertiary/aromatic N) is 2. The fourth-order valence-corrected chi connectivity index (χ4v) is 1.22. The lowest BCUT2D eigenvalue weighted by molar-refractivity contribution is 0.293. The average Bonchev–Trinajstić information content (AvgIpc) is 2.31. The molecule has 0 atom stereocenters.